The largest absolute Gasteiger partial charge is 0.310 e. The van der Waals surface area contributed by atoms with Crippen molar-refractivity contribution >= 4 is 76.0 Å². The Balaban J connectivity index is 1.19. The molecule has 0 amide bonds. The summed E-state index contributed by atoms with van der Waals surface area (Å²) in [5, 5.41) is 5.07. The highest BCUT2D eigenvalue weighted by molar-refractivity contribution is 7.26. The Morgan fingerprint density at radius 1 is 0.526 bits per heavy atom. The van der Waals surface area contributed by atoms with E-state index in [4.69, 9.17) is 0 Å². The Kier molecular flexibility index (Phi) is 8.70. The van der Waals surface area contributed by atoms with Gasteiger partial charge in [-0.2, -0.15) is 0 Å². The number of hydrogen-bond acceptors (Lipinski definition) is 2. The number of benzene rings is 8. The molecule has 0 radical (unpaired) electrons. The zero-order chi connectivity index (χ0) is 38.3. The Labute approximate surface area is 336 Å². The van der Waals surface area contributed by atoms with Crippen LogP contribution in [-0.2, 0) is 0 Å². The average Bonchev–Trinajstić information content (AvgIpc) is 3.83. The summed E-state index contributed by atoms with van der Waals surface area (Å²) in [4.78, 5) is 2.36. The van der Waals surface area contributed by atoms with Gasteiger partial charge in [-0.15, -0.1) is 11.3 Å². The SMILES string of the molecule is C=C/C=C(\C=C)c1ccc(N(c2ccc(-c3ccccc3)cc2)c2cccc(-c3cc4c5ccccc5n(-c5ccccc5)c4c4c3sc3ccccc34)c2)cc1. The summed E-state index contributed by atoms with van der Waals surface area (Å²) in [5.74, 6) is 0. The molecule has 0 fully saturated rings. The van der Waals surface area contributed by atoms with E-state index in [0.29, 0.717) is 0 Å². The Bertz CT molecular complexity index is 3130. The van der Waals surface area contributed by atoms with Gasteiger partial charge in [-0.25, -0.2) is 0 Å². The minimum Gasteiger partial charge on any atom is -0.310 e. The van der Waals surface area contributed by atoms with Crippen LogP contribution in [0.4, 0.5) is 17.1 Å². The van der Waals surface area contributed by atoms with Crippen molar-refractivity contribution in [3.8, 4) is 27.9 Å². The summed E-state index contributed by atoms with van der Waals surface area (Å²) >= 11 is 1.88. The number of fused-ring (bicyclic) bond motifs is 7. The van der Waals surface area contributed by atoms with Gasteiger partial charge in [-0.1, -0.05) is 153 Å². The molecule has 0 saturated heterocycles. The molecule has 0 aliphatic rings. The fraction of sp³-hybridized carbons (Fsp3) is 0. The predicted molar refractivity (Wildman–Crippen MR) is 248 cm³/mol. The summed E-state index contributed by atoms with van der Waals surface area (Å²) in [5.41, 5.74) is 13.8. The second-order valence-corrected chi connectivity index (χ2v) is 15.3. The predicted octanol–water partition coefficient (Wildman–Crippen LogP) is 15.7. The maximum Gasteiger partial charge on any atom is 0.0634 e. The van der Waals surface area contributed by atoms with Gasteiger partial charge < -0.3 is 9.47 Å². The van der Waals surface area contributed by atoms with E-state index in [1.54, 1.807) is 6.08 Å². The normalized spacial score (nSPS) is 11.8. The van der Waals surface area contributed by atoms with E-state index in [0.717, 1.165) is 33.9 Å². The van der Waals surface area contributed by atoms with Crippen molar-refractivity contribution in [2.45, 2.75) is 0 Å². The molecule has 0 N–H and O–H groups in total. The van der Waals surface area contributed by atoms with Gasteiger partial charge in [0.25, 0.3) is 0 Å². The third kappa shape index (κ3) is 5.97. The molecule has 2 heterocycles. The minimum absolute atomic E-state index is 1.04. The Morgan fingerprint density at radius 3 is 1.89 bits per heavy atom. The van der Waals surface area contributed by atoms with Crippen molar-refractivity contribution in [1.82, 2.24) is 4.57 Å². The second kappa shape index (κ2) is 14.5. The molecule has 0 aliphatic carbocycles. The van der Waals surface area contributed by atoms with E-state index in [-0.39, 0.29) is 0 Å². The molecule has 10 aromatic rings. The molecule has 0 unspecified atom stereocenters. The number of para-hydroxylation sites is 2. The highest BCUT2D eigenvalue weighted by atomic mass is 32.1. The molecule has 10 rings (SSSR count). The van der Waals surface area contributed by atoms with E-state index in [1.165, 1.54) is 64.2 Å². The molecule has 2 aromatic heterocycles. The van der Waals surface area contributed by atoms with Crippen LogP contribution >= 0.6 is 11.3 Å². The summed E-state index contributed by atoms with van der Waals surface area (Å²) in [7, 11) is 0. The summed E-state index contributed by atoms with van der Waals surface area (Å²) < 4.78 is 5.03. The molecule has 57 heavy (non-hydrogen) atoms. The summed E-state index contributed by atoms with van der Waals surface area (Å²) in [6, 6.07) is 68.1. The highest BCUT2D eigenvalue weighted by Gasteiger charge is 2.22. The summed E-state index contributed by atoms with van der Waals surface area (Å²) in [6.45, 7) is 7.95. The van der Waals surface area contributed by atoms with Crippen LogP contribution in [0.5, 0.6) is 0 Å². The fourth-order valence-electron chi connectivity index (χ4n) is 8.30. The fourth-order valence-corrected chi connectivity index (χ4v) is 9.54. The number of allylic oxidation sites excluding steroid dienone is 4. The van der Waals surface area contributed by atoms with Crippen molar-refractivity contribution in [3.05, 3.63) is 225 Å². The topological polar surface area (TPSA) is 8.17 Å². The van der Waals surface area contributed by atoms with Gasteiger partial charge in [0, 0.05) is 59.3 Å². The highest BCUT2D eigenvalue weighted by Crippen LogP contribution is 2.48. The van der Waals surface area contributed by atoms with Crippen LogP contribution < -0.4 is 4.90 Å². The molecule has 0 atom stereocenters. The van der Waals surface area contributed by atoms with Crippen LogP contribution in [0.25, 0.3) is 75.5 Å². The first-order valence-corrected chi connectivity index (χ1v) is 20.1. The number of rotatable bonds is 9. The van der Waals surface area contributed by atoms with E-state index < -0.39 is 0 Å². The Morgan fingerprint density at radius 2 is 1.16 bits per heavy atom. The number of aromatic nitrogens is 1. The molecular weight excluding hydrogens is 709 g/mol. The number of hydrogen-bond donors (Lipinski definition) is 0. The van der Waals surface area contributed by atoms with Crippen molar-refractivity contribution in [2.24, 2.45) is 0 Å². The minimum atomic E-state index is 1.04. The van der Waals surface area contributed by atoms with Crippen LogP contribution in [0.1, 0.15) is 5.56 Å². The first-order valence-electron chi connectivity index (χ1n) is 19.2. The first kappa shape index (κ1) is 34.3. The van der Waals surface area contributed by atoms with Crippen LogP contribution in [-0.4, -0.2) is 4.57 Å². The zero-order valence-electron chi connectivity index (χ0n) is 31.3. The quantitative estimate of drug-likeness (QED) is 0.134. The molecule has 270 valence electrons. The van der Waals surface area contributed by atoms with Crippen LogP contribution in [0.15, 0.2) is 219 Å². The molecule has 0 aliphatic heterocycles. The lowest BCUT2D eigenvalue weighted by molar-refractivity contribution is 1.19. The lowest BCUT2D eigenvalue weighted by Crippen LogP contribution is -2.10. The van der Waals surface area contributed by atoms with E-state index in [1.807, 2.05) is 23.5 Å². The van der Waals surface area contributed by atoms with Crippen molar-refractivity contribution in [1.29, 1.82) is 0 Å². The molecule has 3 heteroatoms. The van der Waals surface area contributed by atoms with Crippen LogP contribution in [0, 0.1) is 0 Å². The third-order valence-electron chi connectivity index (χ3n) is 10.9. The maximum absolute atomic E-state index is 4.04. The van der Waals surface area contributed by atoms with Crippen LogP contribution in [0.3, 0.4) is 0 Å². The third-order valence-corrected chi connectivity index (χ3v) is 12.1. The zero-order valence-corrected chi connectivity index (χ0v) is 32.2. The van der Waals surface area contributed by atoms with Gasteiger partial charge >= 0.3 is 0 Å². The summed E-state index contributed by atoms with van der Waals surface area (Å²) in [6.07, 6.45) is 5.68. The average molecular weight is 747 g/mol. The molecular formula is C54H38N2S. The van der Waals surface area contributed by atoms with Crippen molar-refractivity contribution in [2.75, 3.05) is 4.90 Å². The lowest BCUT2D eigenvalue weighted by atomic mass is 9.98. The van der Waals surface area contributed by atoms with Crippen molar-refractivity contribution in [3.63, 3.8) is 0 Å². The molecule has 0 saturated carbocycles. The number of thiophene rings is 1. The number of nitrogens with zero attached hydrogens (tertiary/aromatic N) is 2. The van der Waals surface area contributed by atoms with Gasteiger partial charge in [-0.05, 0) is 94.6 Å². The van der Waals surface area contributed by atoms with E-state index in [9.17, 15) is 0 Å². The maximum atomic E-state index is 4.04. The smallest absolute Gasteiger partial charge is 0.0634 e. The lowest BCUT2D eigenvalue weighted by Gasteiger charge is -2.26. The number of anilines is 3. The van der Waals surface area contributed by atoms with E-state index in [2.05, 4.69) is 211 Å². The molecule has 2 nitrogen and oxygen atoms in total. The Hall–Kier alpha value is -7.20. The molecule has 0 bridgehead atoms. The first-order chi connectivity index (χ1) is 28.2. The molecule has 8 aromatic carbocycles. The van der Waals surface area contributed by atoms with Gasteiger partial charge in [0.05, 0.1) is 11.0 Å². The van der Waals surface area contributed by atoms with E-state index >= 15 is 0 Å². The van der Waals surface area contributed by atoms with Gasteiger partial charge in [0.2, 0.25) is 0 Å². The van der Waals surface area contributed by atoms with Gasteiger partial charge in [-0.3, -0.25) is 0 Å². The van der Waals surface area contributed by atoms with Gasteiger partial charge in [0.1, 0.15) is 0 Å². The second-order valence-electron chi connectivity index (χ2n) is 14.2. The molecule has 0 spiro atoms. The van der Waals surface area contributed by atoms with Crippen molar-refractivity contribution < 1.29 is 0 Å². The monoisotopic (exact) mass is 746 g/mol. The van der Waals surface area contributed by atoms with Crippen LogP contribution in [0.2, 0.25) is 0 Å². The standard InChI is InChI=1S/C54H38N2S/c1-3-16-37(4-2)39-27-31-43(32-28-39)55(44-33-29-40(30-34-44)38-17-7-5-8-18-38)45-22-15-19-41(35-45)48-36-49-46-23-11-13-25-50(46)56(42-20-9-6-10-21-42)53(49)52-47-24-12-14-26-51(47)57-54(48)52/h3-36H,1-2H2/b37-16+. The van der Waals surface area contributed by atoms with Gasteiger partial charge in [0.15, 0.2) is 0 Å².